The molecule has 0 aliphatic heterocycles. The first kappa shape index (κ1) is 12.5. The third-order valence-corrected chi connectivity index (χ3v) is 1.98. The van der Waals surface area contributed by atoms with Crippen LogP contribution in [-0.4, -0.2) is 44.0 Å². The minimum absolute atomic E-state index is 0.0545. The lowest BCUT2D eigenvalue weighted by atomic mass is 10.6. The summed E-state index contributed by atoms with van der Waals surface area (Å²) in [5.41, 5.74) is 10.4. The summed E-state index contributed by atoms with van der Waals surface area (Å²) >= 11 is 0. The number of ether oxygens (including phenoxy) is 1. The van der Waals surface area contributed by atoms with E-state index in [2.05, 4.69) is 30.1 Å². The van der Waals surface area contributed by atoms with E-state index in [0.29, 0.717) is 6.54 Å². The molecule has 19 heavy (non-hydrogen) atoms. The Bertz CT molecular complexity index is 555. The lowest BCUT2D eigenvalue weighted by molar-refractivity contribution is 0.161. The van der Waals surface area contributed by atoms with Crippen LogP contribution in [0.1, 0.15) is 0 Å². The first-order chi connectivity index (χ1) is 9.15. The van der Waals surface area contributed by atoms with Gasteiger partial charge in [0.2, 0.25) is 11.9 Å². The molecule has 0 unspecified atom stereocenters. The molecule has 0 fully saturated rings. The zero-order chi connectivity index (χ0) is 13.7. The van der Waals surface area contributed by atoms with Crippen LogP contribution in [-0.2, 0) is 4.74 Å². The van der Waals surface area contributed by atoms with Gasteiger partial charge in [-0.1, -0.05) is 0 Å². The van der Waals surface area contributed by atoms with Gasteiger partial charge >= 0.3 is 6.09 Å². The van der Waals surface area contributed by atoms with Crippen LogP contribution in [0, 0.1) is 0 Å². The van der Waals surface area contributed by atoms with Crippen molar-refractivity contribution in [2.45, 2.75) is 0 Å². The Labute approximate surface area is 107 Å². The van der Waals surface area contributed by atoms with Crippen LogP contribution >= 0.6 is 0 Å². The van der Waals surface area contributed by atoms with Crippen LogP contribution in [0.3, 0.4) is 0 Å². The van der Waals surface area contributed by atoms with Crippen molar-refractivity contribution in [2.24, 2.45) is 5.73 Å². The van der Waals surface area contributed by atoms with Gasteiger partial charge in [0.25, 0.3) is 5.95 Å². The van der Waals surface area contributed by atoms with Crippen molar-refractivity contribution >= 4 is 18.0 Å². The molecule has 2 heterocycles. The topological polar surface area (TPSA) is 147 Å². The SMILES string of the molecule is NC(=O)OCCNc1nc(N)nc(-n2cccn2)n1. The zero-order valence-electron chi connectivity index (χ0n) is 9.85. The first-order valence-electron chi connectivity index (χ1n) is 5.33. The van der Waals surface area contributed by atoms with Crippen LogP contribution in [0.4, 0.5) is 16.7 Å². The number of hydrogen-bond acceptors (Lipinski definition) is 8. The van der Waals surface area contributed by atoms with Crippen molar-refractivity contribution in [3.63, 3.8) is 0 Å². The van der Waals surface area contributed by atoms with Gasteiger partial charge in [0, 0.05) is 12.4 Å². The Morgan fingerprint density at radius 2 is 2.26 bits per heavy atom. The van der Waals surface area contributed by atoms with Crippen LogP contribution in [0.5, 0.6) is 0 Å². The molecular formula is C9H12N8O2. The smallest absolute Gasteiger partial charge is 0.404 e. The van der Waals surface area contributed by atoms with E-state index in [1.807, 2.05) is 0 Å². The third kappa shape index (κ3) is 3.52. The molecule has 0 saturated heterocycles. The summed E-state index contributed by atoms with van der Waals surface area (Å²) in [5.74, 6) is 0.598. The fraction of sp³-hybridized carbons (Fsp3) is 0.222. The van der Waals surface area contributed by atoms with Crippen molar-refractivity contribution in [1.82, 2.24) is 24.7 Å². The van der Waals surface area contributed by atoms with Crippen LogP contribution in [0.25, 0.3) is 5.95 Å². The maximum Gasteiger partial charge on any atom is 0.404 e. The minimum atomic E-state index is -0.839. The number of hydrogen-bond donors (Lipinski definition) is 3. The van der Waals surface area contributed by atoms with Gasteiger partial charge in [-0.25, -0.2) is 9.48 Å². The number of amides is 1. The van der Waals surface area contributed by atoms with Gasteiger partial charge < -0.3 is 21.5 Å². The number of rotatable bonds is 5. The number of nitrogens with two attached hydrogens (primary N) is 2. The summed E-state index contributed by atoms with van der Waals surface area (Å²) in [4.78, 5) is 22.3. The third-order valence-electron chi connectivity index (χ3n) is 1.98. The van der Waals surface area contributed by atoms with Gasteiger partial charge in [0.05, 0.1) is 6.54 Å². The summed E-state index contributed by atoms with van der Waals surface area (Å²) in [7, 11) is 0. The summed E-state index contributed by atoms with van der Waals surface area (Å²) in [6.45, 7) is 0.392. The van der Waals surface area contributed by atoms with E-state index in [0.717, 1.165) is 0 Å². The van der Waals surface area contributed by atoms with Gasteiger partial charge in [0.15, 0.2) is 0 Å². The highest BCUT2D eigenvalue weighted by Crippen LogP contribution is 2.05. The molecule has 10 heteroatoms. The van der Waals surface area contributed by atoms with E-state index in [1.165, 1.54) is 4.68 Å². The number of nitrogens with zero attached hydrogens (tertiary/aromatic N) is 5. The van der Waals surface area contributed by atoms with E-state index < -0.39 is 6.09 Å². The van der Waals surface area contributed by atoms with Gasteiger partial charge in [-0.15, -0.1) is 0 Å². The second-order valence-electron chi connectivity index (χ2n) is 3.36. The fourth-order valence-corrected chi connectivity index (χ4v) is 1.26. The Morgan fingerprint density at radius 3 is 2.95 bits per heavy atom. The molecule has 0 radical (unpaired) electrons. The van der Waals surface area contributed by atoms with E-state index in [1.54, 1.807) is 18.5 Å². The molecule has 0 saturated carbocycles. The zero-order valence-corrected chi connectivity index (χ0v) is 9.85. The van der Waals surface area contributed by atoms with Gasteiger partial charge in [0.1, 0.15) is 6.61 Å². The molecule has 10 nitrogen and oxygen atoms in total. The highest BCUT2D eigenvalue weighted by Gasteiger charge is 2.06. The predicted octanol–water partition coefficient (Wildman–Crippen LogP) is -0.853. The van der Waals surface area contributed by atoms with Gasteiger partial charge in [-0.3, -0.25) is 0 Å². The summed E-state index contributed by atoms with van der Waals surface area (Å²) in [6, 6.07) is 1.73. The summed E-state index contributed by atoms with van der Waals surface area (Å²) < 4.78 is 6.00. The lowest BCUT2D eigenvalue weighted by Crippen LogP contribution is -2.19. The van der Waals surface area contributed by atoms with Crippen LogP contribution in [0.2, 0.25) is 0 Å². The molecular weight excluding hydrogens is 252 g/mol. The first-order valence-corrected chi connectivity index (χ1v) is 5.33. The minimum Gasteiger partial charge on any atom is -0.448 e. The van der Waals surface area contributed by atoms with Crippen LogP contribution < -0.4 is 16.8 Å². The standard InChI is InChI=1S/C9H12N8O2/c10-6-14-8(12-3-5-19-7(11)18)16-9(15-6)17-4-1-2-13-17/h1-2,4H,3,5H2,(H2,11,18)(H3,10,12,14,15,16). The molecule has 0 bridgehead atoms. The summed E-state index contributed by atoms with van der Waals surface area (Å²) in [5, 5.41) is 6.81. The largest absolute Gasteiger partial charge is 0.448 e. The number of nitrogens with one attached hydrogen (secondary N) is 1. The molecule has 1 amide bonds. The quantitative estimate of drug-likeness (QED) is 0.591. The van der Waals surface area contributed by atoms with Crippen LogP contribution in [0.15, 0.2) is 18.5 Å². The van der Waals surface area contributed by atoms with Gasteiger partial charge in [-0.2, -0.15) is 20.1 Å². The molecule has 5 N–H and O–H groups in total. The number of carbonyl (C=O) groups is 1. The second-order valence-corrected chi connectivity index (χ2v) is 3.36. The van der Waals surface area contributed by atoms with E-state index in [-0.39, 0.29) is 24.5 Å². The van der Waals surface area contributed by atoms with E-state index in [4.69, 9.17) is 11.5 Å². The molecule has 100 valence electrons. The Kier molecular flexibility index (Phi) is 3.71. The number of nitrogen functional groups attached to an aromatic ring is 1. The molecule has 0 aliphatic carbocycles. The van der Waals surface area contributed by atoms with Crippen molar-refractivity contribution < 1.29 is 9.53 Å². The molecule has 0 atom stereocenters. The van der Waals surface area contributed by atoms with E-state index >= 15 is 0 Å². The molecule has 2 rings (SSSR count). The molecule has 2 aromatic heterocycles. The fourth-order valence-electron chi connectivity index (χ4n) is 1.26. The highest BCUT2D eigenvalue weighted by molar-refractivity contribution is 5.64. The molecule has 0 aromatic carbocycles. The average molecular weight is 264 g/mol. The summed E-state index contributed by atoms with van der Waals surface area (Å²) in [6.07, 6.45) is 2.43. The number of carbonyl (C=O) groups excluding carboxylic acids is 1. The molecule has 0 aliphatic rings. The van der Waals surface area contributed by atoms with Crippen molar-refractivity contribution in [2.75, 3.05) is 24.2 Å². The van der Waals surface area contributed by atoms with Crippen molar-refractivity contribution in [3.8, 4) is 5.95 Å². The Balaban J connectivity index is 2.03. The Hall–Kier alpha value is -2.91. The number of primary amides is 1. The molecule has 0 spiro atoms. The predicted molar refractivity (Wildman–Crippen MR) is 65.4 cm³/mol. The van der Waals surface area contributed by atoms with E-state index in [9.17, 15) is 4.79 Å². The van der Waals surface area contributed by atoms with Gasteiger partial charge in [-0.05, 0) is 6.07 Å². The Morgan fingerprint density at radius 1 is 1.42 bits per heavy atom. The highest BCUT2D eigenvalue weighted by atomic mass is 16.5. The average Bonchev–Trinajstić information content (AvgIpc) is 2.87. The maximum absolute atomic E-state index is 10.4. The number of anilines is 2. The second kappa shape index (κ2) is 5.62. The van der Waals surface area contributed by atoms with Crippen molar-refractivity contribution in [1.29, 1.82) is 0 Å². The normalized spacial score (nSPS) is 10.1. The molecule has 2 aromatic rings. The van der Waals surface area contributed by atoms with Crippen molar-refractivity contribution in [3.05, 3.63) is 18.5 Å². The maximum atomic E-state index is 10.4. The number of aromatic nitrogens is 5. The monoisotopic (exact) mass is 264 g/mol. The lowest BCUT2D eigenvalue weighted by Gasteiger charge is -2.07.